The molecular weight excluding hydrogens is 152 g/mol. The van der Waals surface area contributed by atoms with Crippen molar-refractivity contribution in [2.45, 2.75) is 26.7 Å². The first-order valence-electron chi connectivity index (χ1n) is 4.23. The first-order valence-corrected chi connectivity index (χ1v) is 4.23. The highest BCUT2D eigenvalue weighted by Gasteiger charge is 2.36. The van der Waals surface area contributed by atoms with E-state index < -0.39 is 0 Å². The van der Waals surface area contributed by atoms with E-state index in [2.05, 4.69) is 0 Å². The maximum atomic E-state index is 11.4. The summed E-state index contributed by atoms with van der Waals surface area (Å²) in [6.07, 6.45) is 5.72. The van der Waals surface area contributed by atoms with Gasteiger partial charge in [-0.1, -0.05) is 19.9 Å². The van der Waals surface area contributed by atoms with Crippen molar-refractivity contribution in [3.8, 4) is 0 Å². The zero-order valence-electron chi connectivity index (χ0n) is 7.54. The van der Waals surface area contributed by atoms with Gasteiger partial charge in [0.2, 0.25) is 0 Å². The summed E-state index contributed by atoms with van der Waals surface area (Å²) in [6.45, 7) is 3.82. The lowest BCUT2D eigenvalue weighted by Crippen LogP contribution is -2.34. The van der Waals surface area contributed by atoms with Crippen LogP contribution in [0, 0.1) is 11.3 Å². The van der Waals surface area contributed by atoms with Crippen LogP contribution in [0.3, 0.4) is 0 Å². The summed E-state index contributed by atoms with van der Waals surface area (Å²) in [4.78, 5) is 21.7. The summed E-state index contributed by atoms with van der Waals surface area (Å²) < 4.78 is 0. The molecule has 0 radical (unpaired) electrons. The summed E-state index contributed by atoms with van der Waals surface area (Å²) in [6, 6.07) is 0. The Kier molecular flexibility index (Phi) is 2.46. The molecule has 2 nitrogen and oxygen atoms in total. The van der Waals surface area contributed by atoms with Gasteiger partial charge in [0.05, 0.1) is 0 Å². The second-order valence-corrected chi connectivity index (χ2v) is 3.82. The Labute approximate surface area is 72.7 Å². The summed E-state index contributed by atoms with van der Waals surface area (Å²) in [5.74, 6) is 0.327. The monoisotopic (exact) mass is 166 g/mol. The number of carbonyl (C=O) groups is 2. The first kappa shape index (κ1) is 9.17. The van der Waals surface area contributed by atoms with Crippen molar-refractivity contribution >= 4 is 12.1 Å². The molecule has 0 saturated carbocycles. The van der Waals surface area contributed by atoms with Gasteiger partial charge in [-0.05, 0) is 18.4 Å². The minimum atomic E-state index is -0.352. The number of rotatable bonds is 2. The zero-order chi connectivity index (χ0) is 9.19. The molecule has 0 bridgehead atoms. The van der Waals surface area contributed by atoms with Crippen LogP contribution in [0.1, 0.15) is 26.7 Å². The van der Waals surface area contributed by atoms with Gasteiger partial charge in [-0.15, -0.1) is 0 Å². The van der Waals surface area contributed by atoms with E-state index >= 15 is 0 Å². The van der Waals surface area contributed by atoms with Crippen molar-refractivity contribution in [3.05, 3.63) is 12.2 Å². The standard InChI is InChI=1S/C10H14O2/c1-10(2)8(6-7-11)4-3-5-9(10)12/h3,5,7-8H,4,6H2,1-2H3/t8-/m0/s1. The third-order valence-corrected chi connectivity index (χ3v) is 2.73. The van der Waals surface area contributed by atoms with E-state index in [0.29, 0.717) is 6.42 Å². The number of hydrogen-bond acceptors (Lipinski definition) is 2. The molecule has 2 heteroatoms. The van der Waals surface area contributed by atoms with Gasteiger partial charge in [0.25, 0.3) is 0 Å². The molecule has 0 saturated heterocycles. The Bertz CT molecular complexity index is 226. The molecule has 0 fully saturated rings. The third-order valence-electron chi connectivity index (χ3n) is 2.73. The van der Waals surface area contributed by atoms with Crippen LogP contribution >= 0.6 is 0 Å². The van der Waals surface area contributed by atoms with Crippen molar-refractivity contribution in [2.24, 2.45) is 11.3 Å². The predicted molar refractivity (Wildman–Crippen MR) is 46.7 cm³/mol. The second-order valence-electron chi connectivity index (χ2n) is 3.82. The van der Waals surface area contributed by atoms with Crippen LogP contribution in [0.4, 0.5) is 0 Å². The molecule has 0 N–H and O–H groups in total. The van der Waals surface area contributed by atoms with E-state index in [4.69, 9.17) is 0 Å². The largest absolute Gasteiger partial charge is 0.303 e. The van der Waals surface area contributed by atoms with Crippen LogP contribution in [0.15, 0.2) is 12.2 Å². The average molecular weight is 166 g/mol. The topological polar surface area (TPSA) is 34.1 Å². The number of hydrogen-bond donors (Lipinski definition) is 0. The Morgan fingerprint density at radius 2 is 2.33 bits per heavy atom. The lowest BCUT2D eigenvalue weighted by molar-refractivity contribution is -0.126. The van der Waals surface area contributed by atoms with Gasteiger partial charge < -0.3 is 4.79 Å². The SMILES string of the molecule is CC1(C)C(=O)C=CC[C@H]1CC=O. The van der Waals surface area contributed by atoms with E-state index in [-0.39, 0.29) is 17.1 Å². The maximum absolute atomic E-state index is 11.4. The van der Waals surface area contributed by atoms with Gasteiger partial charge in [0, 0.05) is 11.8 Å². The Balaban J connectivity index is 2.82. The molecule has 0 spiro atoms. The minimum absolute atomic E-state index is 0.139. The van der Waals surface area contributed by atoms with Crippen LogP contribution in [0.5, 0.6) is 0 Å². The van der Waals surface area contributed by atoms with Crippen LogP contribution in [0.25, 0.3) is 0 Å². The lowest BCUT2D eigenvalue weighted by Gasteiger charge is -2.32. The second kappa shape index (κ2) is 3.21. The van der Waals surface area contributed by atoms with E-state index in [1.165, 1.54) is 0 Å². The fourth-order valence-corrected chi connectivity index (χ4v) is 1.56. The van der Waals surface area contributed by atoms with Gasteiger partial charge >= 0.3 is 0 Å². The number of aldehydes is 1. The molecule has 0 aromatic heterocycles. The summed E-state index contributed by atoms with van der Waals surface area (Å²) >= 11 is 0. The van der Waals surface area contributed by atoms with Crippen LogP contribution < -0.4 is 0 Å². The Hall–Kier alpha value is -0.920. The smallest absolute Gasteiger partial charge is 0.161 e. The van der Waals surface area contributed by atoms with Crippen molar-refractivity contribution < 1.29 is 9.59 Å². The molecule has 1 atom stereocenters. The molecule has 0 aromatic rings. The van der Waals surface area contributed by atoms with Crippen molar-refractivity contribution in [1.82, 2.24) is 0 Å². The van der Waals surface area contributed by atoms with Crippen LogP contribution in [-0.2, 0) is 9.59 Å². The van der Waals surface area contributed by atoms with Gasteiger partial charge in [0.15, 0.2) is 5.78 Å². The zero-order valence-corrected chi connectivity index (χ0v) is 7.54. The predicted octanol–water partition coefficient (Wildman–Crippen LogP) is 1.75. The Morgan fingerprint density at radius 1 is 1.67 bits per heavy atom. The normalized spacial score (nSPS) is 27.2. The van der Waals surface area contributed by atoms with Gasteiger partial charge in [-0.25, -0.2) is 0 Å². The fourth-order valence-electron chi connectivity index (χ4n) is 1.56. The lowest BCUT2D eigenvalue weighted by atomic mass is 9.69. The molecule has 1 rings (SSSR count). The molecule has 0 aliphatic heterocycles. The number of carbonyl (C=O) groups excluding carboxylic acids is 2. The molecule has 1 aliphatic rings. The molecule has 0 aromatic carbocycles. The third kappa shape index (κ3) is 1.47. The highest BCUT2D eigenvalue weighted by atomic mass is 16.1. The summed E-state index contributed by atoms with van der Waals surface area (Å²) in [7, 11) is 0. The molecular formula is C10H14O2. The van der Waals surface area contributed by atoms with Crippen LogP contribution in [0.2, 0.25) is 0 Å². The highest BCUT2D eigenvalue weighted by Crippen LogP contribution is 2.36. The molecule has 0 unspecified atom stereocenters. The van der Waals surface area contributed by atoms with E-state index in [0.717, 1.165) is 12.7 Å². The van der Waals surface area contributed by atoms with Crippen LogP contribution in [-0.4, -0.2) is 12.1 Å². The molecule has 66 valence electrons. The molecule has 0 amide bonds. The van der Waals surface area contributed by atoms with Gasteiger partial charge in [-0.3, -0.25) is 4.79 Å². The average Bonchev–Trinajstić information content (AvgIpc) is 2.00. The van der Waals surface area contributed by atoms with E-state index in [9.17, 15) is 9.59 Å². The van der Waals surface area contributed by atoms with Crippen molar-refractivity contribution in [3.63, 3.8) is 0 Å². The maximum Gasteiger partial charge on any atom is 0.161 e. The first-order chi connectivity index (χ1) is 5.59. The molecule has 0 heterocycles. The number of allylic oxidation sites excluding steroid dienone is 2. The number of ketones is 1. The van der Waals surface area contributed by atoms with Crippen molar-refractivity contribution in [1.29, 1.82) is 0 Å². The van der Waals surface area contributed by atoms with E-state index in [1.807, 2.05) is 19.9 Å². The van der Waals surface area contributed by atoms with Gasteiger partial charge in [-0.2, -0.15) is 0 Å². The highest BCUT2D eigenvalue weighted by molar-refractivity contribution is 5.95. The summed E-state index contributed by atoms with van der Waals surface area (Å²) in [5.41, 5.74) is -0.352. The van der Waals surface area contributed by atoms with Gasteiger partial charge in [0.1, 0.15) is 6.29 Å². The molecule has 1 aliphatic carbocycles. The van der Waals surface area contributed by atoms with E-state index in [1.54, 1.807) is 6.08 Å². The van der Waals surface area contributed by atoms with Crippen molar-refractivity contribution in [2.75, 3.05) is 0 Å². The molecule has 12 heavy (non-hydrogen) atoms. The quantitative estimate of drug-likeness (QED) is 0.585. The Morgan fingerprint density at radius 3 is 2.92 bits per heavy atom. The summed E-state index contributed by atoms with van der Waals surface area (Å²) in [5, 5.41) is 0. The fraction of sp³-hybridized carbons (Fsp3) is 0.600. The minimum Gasteiger partial charge on any atom is -0.303 e.